The van der Waals surface area contributed by atoms with E-state index in [2.05, 4.69) is 0 Å². The van der Waals surface area contributed by atoms with Crippen LogP contribution in [0.3, 0.4) is 0 Å². The first-order valence-corrected chi connectivity index (χ1v) is 5.77. The molecular weight excluding hydrogens is 225 g/mol. The molecule has 84 valence electrons. The van der Waals surface area contributed by atoms with Crippen molar-refractivity contribution in [3.8, 4) is 5.75 Å². The number of halogens is 1. The third-order valence-corrected chi connectivity index (χ3v) is 3.13. The molecule has 1 atom stereocenters. The van der Waals surface area contributed by atoms with Gasteiger partial charge in [-0.05, 0) is 28.5 Å². The van der Waals surface area contributed by atoms with Crippen LogP contribution in [0.4, 0.5) is 4.39 Å². The molecule has 1 aromatic heterocycles. The lowest BCUT2D eigenvalue weighted by Crippen LogP contribution is -2.12. The molecule has 16 heavy (non-hydrogen) atoms. The maximum atomic E-state index is 13.0. The minimum Gasteiger partial charge on any atom is -0.496 e. The van der Waals surface area contributed by atoms with Crippen molar-refractivity contribution in [1.29, 1.82) is 0 Å². The van der Waals surface area contributed by atoms with Gasteiger partial charge in [-0.3, -0.25) is 0 Å². The summed E-state index contributed by atoms with van der Waals surface area (Å²) in [7, 11) is 1.51. The normalized spacial score (nSPS) is 12.4. The molecule has 0 aliphatic rings. The van der Waals surface area contributed by atoms with Crippen LogP contribution in [0.1, 0.15) is 17.2 Å². The maximum absolute atomic E-state index is 13.0. The van der Waals surface area contributed by atoms with E-state index < -0.39 is 0 Å². The van der Waals surface area contributed by atoms with E-state index in [4.69, 9.17) is 10.5 Å². The van der Waals surface area contributed by atoms with Crippen LogP contribution in [0.25, 0.3) is 0 Å². The standard InChI is InChI=1S/C12H12FNOS/c1-15-11-6-9(13)2-3-10(11)12(14)8-4-5-16-7-8/h2-7,12H,14H2,1H3/t12-/m0/s1. The Bertz CT molecular complexity index is 470. The van der Waals surface area contributed by atoms with Gasteiger partial charge in [-0.25, -0.2) is 4.39 Å². The average Bonchev–Trinajstić information content (AvgIpc) is 2.81. The molecule has 0 aliphatic carbocycles. The van der Waals surface area contributed by atoms with Gasteiger partial charge >= 0.3 is 0 Å². The van der Waals surface area contributed by atoms with Crippen molar-refractivity contribution in [2.24, 2.45) is 5.73 Å². The third kappa shape index (κ3) is 2.08. The zero-order chi connectivity index (χ0) is 11.5. The molecule has 0 saturated carbocycles. The van der Waals surface area contributed by atoms with Crippen molar-refractivity contribution >= 4 is 11.3 Å². The van der Waals surface area contributed by atoms with Crippen LogP contribution in [-0.4, -0.2) is 7.11 Å². The molecule has 0 spiro atoms. The van der Waals surface area contributed by atoms with E-state index in [1.165, 1.54) is 19.2 Å². The number of hydrogen-bond acceptors (Lipinski definition) is 3. The van der Waals surface area contributed by atoms with Crippen molar-refractivity contribution < 1.29 is 9.13 Å². The fourth-order valence-corrected chi connectivity index (χ4v) is 2.27. The molecule has 2 nitrogen and oxygen atoms in total. The van der Waals surface area contributed by atoms with E-state index in [0.717, 1.165) is 11.1 Å². The molecule has 0 amide bonds. The molecule has 0 aliphatic heterocycles. The molecule has 0 radical (unpaired) electrons. The molecule has 2 N–H and O–H groups in total. The lowest BCUT2D eigenvalue weighted by atomic mass is 10.0. The number of methoxy groups -OCH3 is 1. The Morgan fingerprint density at radius 1 is 1.38 bits per heavy atom. The minimum atomic E-state index is -0.321. The monoisotopic (exact) mass is 237 g/mol. The molecule has 0 unspecified atom stereocenters. The first-order valence-electron chi connectivity index (χ1n) is 4.83. The molecule has 2 rings (SSSR count). The highest BCUT2D eigenvalue weighted by molar-refractivity contribution is 7.08. The highest BCUT2D eigenvalue weighted by atomic mass is 32.1. The summed E-state index contributed by atoms with van der Waals surface area (Å²) in [4.78, 5) is 0. The fraction of sp³-hybridized carbons (Fsp3) is 0.167. The second-order valence-corrected chi connectivity index (χ2v) is 4.20. The van der Waals surface area contributed by atoms with Gasteiger partial charge in [-0.1, -0.05) is 6.07 Å². The molecule has 2 aromatic rings. The van der Waals surface area contributed by atoms with Crippen LogP contribution in [0.15, 0.2) is 35.0 Å². The Morgan fingerprint density at radius 3 is 2.81 bits per heavy atom. The number of thiophene rings is 1. The van der Waals surface area contributed by atoms with Gasteiger partial charge in [-0.2, -0.15) is 11.3 Å². The number of benzene rings is 1. The van der Waals surface area contributed by atoms with Crippen LogP contribution < -0.4 is 10.5 Å². The summed E-state index contributed by atoms with van der Waals surface area (Å²) < 4.78 is 18.2. The third-order valence-electron chi connectivity index (χ3n) is 2.43. The summed E-state index contributed by atoms with van der Waals surface area (Å²) in [5.41, 5.74) is 7.89. The maximum Gasteiger partial charge on any atom is 0.126 e. The lowest BCUT2D eigenvalue weighted by molar-refractivity contribution is 0.404. The predicted octanol–water partition coefficient (Wildman–Crippen LogP) is 2.94. The second-order valence-electron chi connectivity index (χ2n) is 3.42. The zero-order valence-electron chi connectivity index (χ0n) is 8.81. The molecule has 0 saturated heterocycles. The fourth-order valence-electron chi connectivity index (χ4n) is 1.57. The van der Waals surface area contributed by atoms with E-state index >= 15 is 0 Å². The van der Waals surface area contributed by atoms with Gasteiger partial charge in [0.05, 0.1) is 13.2 Å². The van der Waals surface area contributed by atoms with Crippen molar-refractivity contribution in [2.75, 3.05) is 7.11 Å². The number of hydrogen-bond donors (Lipinski definition) is 1. The lowest BCUT2D eigenvalue weighted by Gasteiger charge is -2.14. The van der Waals surface area contributed by atoms with Crippen LogP contribution >= 0.6 is 11.3 Å². The van der Waals surface area contributed by atoms with Gasteiger partial charge < -0.3 is 10.5 Å². The largest absolute Gasteiger partial charge is 0.496 e. The van der Waals surface area contributed by atoms with Crippen LogP contribution in [-0.2, 0) is 0 Å². The number of ether oxygens (including phenoxy) is 1. The van der Waals surface area contributed by atoms with Gasteiger partial charge in [0.25, 0.3) is 0 Å². The van der Waals surface area contributed by atoms with Crippen LogP contribution in [0, 0.1) is 5.82 Å². The van der Waals surface area contributed by atoms with E-state index in [1.807, 2.05) is 16.8 Å². The van der Waals surface area contributed by atoms with E-state index in [0.29, 0.717) is 5.75 Å². The molecule has 1 heterocycles. The first kappa shape index (κ1) is 11.1. The Morgan fingerprint density at radius 2 is 2.19 bits per heavy atom. The Balaban J connectivity index is 2.40. The van der Waals surface area contributed by atoms with Gasteiger partial charge in [0.15, 0.2) is 0 Å². The Hall–Kier alpha value is -1.39. The Kier molecular flexibility index (Phi) is 3.22. The van der Waals surface area contributed by atoms with Crippen molar-refractivity contribution in [3.05, 3.63) is 52.0 Å². The molecule has 0 fully saturated rings. The summed E-state index contributed by atoms with van der Waals surface area (Å²) in [5, 5.41) is 3.94. The summed E-state index contributed by atoms with van der Waals surface area (Å²) in [6.45, 7) is 0. The summed E-state index contributed by atoms with van der Waals surface area (Å²) in [6.07, 6.45) is 0. The van der Waals surface area contributed by atoms with Crippen molar-refractivity contribution in [2.45, 2.75) is 6.04 Å². The van der Waals surface area contributed by atoms with Crippen LogP contribution in [0.2, 0.25) is 0 Å². The SMILES string of the molecule is COc1cc(F)ccc1[C@@H](N)c1ccsc1. The zero-order valence-corrected chi connectivity index (χ0v) is 9.63. The highest BCUT2D eigenvalue weighted by Gasteiger charge is 2.14. The molecule has 1 aromatic carbocycles. The van der Waals surface area contributed by atoms with Crippen molar-refractivity contribution in [1.82, 2.24) is 0 Å². The number of nitrogens with two attached hydrogens (primary N) is 1. The molecular formula is C12H12FNOS. The summed E-state index contributed by atoms with van der Waals surface area (Å²) >= 11 is 1.58. The van der Waals surface area contributed by atoms with Gasteiger partial charge in [0.1, 0.15) is 11.6 Å². The van der Waals surface area contributed by atoms with E-state index in [9.17, 15) is 4.39 Å². The van der Waals surface area contributed by atoms with Gasteiger partial charge in [0, 0.05) is 11.6 Å². The molecule has 0 bridgehead atoms. The average molecular weight is 237 g/mol. The Labute approximate surface area is 97.5 Å². The smallest absolute Gasteiger partial charge is 0.126 e. The summed E-state index contributed by atoms with van der Waals surface area (Å²) in [6, 6.07) is 6.09. The minimum absolute atomic E-state index is 0.276. The quantitative estimate of drug-likeness (QED) is 0.890. The van der Waals surface area contributed by atoms with Crippen molar-refractivity contribution in [3.63, 3.8) is 0 Å². The summed E-state index contributed by atoms with van der Waals surface area (Å²) in [5.74, 6) is 0.164. The number of rotatable bonds is 3. The van der Waals surface area contributed by atoms with E-state index in [1.54, 1.807) is 17.4 Å². The first-order chi connectivity index (χ1) is 7.72. The second kappa shape index (κ2) is 4.63. The topological polar surface area (TPSA) is 35.2 Å². The van der Waals surface area contributed by atoms with Gasteiger partial charge in [0.2, 0.25) is 0 Å². The highest BCUT2D eigenvalue weighted by Crippen LogP contribution is 2.29. The predicted molar refractivity (Wildman–Crippen MR) is 63.3 cm³/mol. The van der Waals surface area contributed by atoms with Crippen LogP contribution in [0.5, 0.6) is 5.75 Å². The molecule has 4 heteroatoms. The van der Waals surface area contributed by atoms with E-state index in [-0.39, 0.29) is 11.9 Å². The van der Waals surface area contributed by atoms with Gasteiger partial charge in [-0.15, -0.1) is 0 Å².